The van der Waals surface area contributed by atoms with Gasteiger partial charge in [-0.1, -0.05) is 29.8 Å². The van der Waals surface area contributed by atoms with Crippen LogP contribution in [0.25, 0.3) is 28.8 Å². The second kappa shape index (κ2) is 7.66. The molecule has 0 saturated heterocycles. The number of rotatable bonds is 4. The Hall–Kier alpha value is -3.44. The van der Waals surface area contributed by atoms with E-state index in [1.165, 1.54) is 6.08 Å². The molecular formula is C22H16ClN3O2. The number of benzene rings is 2. The fraction of sp³-hybridized carbons (Fsp3) is 0.0455. The maximum absolute atomic E-state index is 12.3. The predicted molar refractivity (Wildman–Crippen MR) is 111 cm³/mol. The maximum Gasteiger partial charge on any atom is 0.248 e. The lowest BCUT2D eigenvalue weighted by Gasteiger charge is -2.08. The van der Waals surface area contributed by atoms with Gasteiger partial charge in [0.1, 0.15) is 0 Å². The van der Waals surface area contributed by atoms with Crippen LogP contribution in [-0.4, -0.2) is 15.9 Å². The largest absolute Gasteiger partial charge is 0.434 e. The van der Waals surface area contributed by atoms with Gasteiger partial charge in [0.25, 0.3) is 0 Å². The molecule has 28 heavy (non-hydrogen) atoms. The van der Waals surface area contributed by atoms with Crippen LogP contribution in [0, 0.1) is 6.92 Å². The van der Waals surface area contributed by atoms with Gasteiger partial charge in [-0.3, -0.25) is 4.79 Å². The van der Waals surface area contributed by atoms with Gasteiger partial charge in [0.15, 0.2) is 11.2 Å². The van der Waals surface area contributed by atoms with Crippen LogP contribution in [-0.2, 0) is 4.79 Å². The molecule has 2 aromatic carbocycles. The summed E-state index contributed by atoms with van der Waals surface area (Å²) in [5, 5.41) is 3.52. The zero-order valence-corrected chi connectivity index (χ0v) is 15.8. The van der Waals surface area contributed by atoms with Crippen molar-refractivity contribution >= 4 is 40.5 Å². The van der Waals surface area contributed by atoms with E-state index < -0.39 is 0 Å². The van der Waals surface area contributed by atoms with Crippen molar-refractivity contribution in [3.8, 4) is 11.5 Å². The first-order valence-corrected chi connectivity index (χ1v) is 9.03. The summed E-state index contributed by atoms with van der Waals surface area (Å²) < 4.78 is 5.76. The molecule has 2 heterocycles. The number of aromatic nitrogens is 2. The fourth-order valence-electron chi connectivity index (χ4n) is 2.74. The number of nitrogens with one attached hydrogen (secondary N) is 1. The standard InChI is InChI=1S/C22H16ClN3O2/c1-14-7-9-16(22-26-21-19(28-22)6-3-11-24-21)13-18(14)25-20(27)10-8-15-4-2-5-17(23)12-15/h2-13H,1H3,(H,25,27). The van der Waals surface area contributed by atoms with Gasteiger partial charge in [-0.2, -0.15) is 4.98 Å². The van der Waals surface area contributed by atoms with Gasteiger partial charge in [-0.05, 0) is 60.5 Å². The van der Waals surface area contributed by atoms with E-state index in [9.17, 15) is 4.79 Å². The Kier molecular flexibility index (Phi) is 4.91. The molecule has 2 aromatic heterocycles. The number of anilines is 1. The molecule has 4 rings (SSSR count). The highest BCUT2D eigenvalue weighted by Gasteiger charge is 2.11. The summed E-state index contributed by atoms with van der Waals surface area (Å²) in [4.78, 5) is 20.9. The molecule has 6 heteroatoms. The lowest BCUT2D eigenvalue weighted by Crippen LogP contribution is -2.09. The average Bonchev–Trinajstić information content (AvgIpc) is 3.12. The summed E-state index contributed by atoms with van der Waals surface area (Å²) in [5.41, 5.74) is 4.40. The zero-order valence-electron chi connectivity index (χ0n) is 15.0. The molecule has 0 bridgehead atoms. The third-order valence-electron chi connectivity index (χ3n) is 4.18. The number of hydrogen-bond donors (Lipinski definition) is 1. The molecule has 0 atom stereocenters. The fourth-order valence-corrected chi connectivity index (χ4v) is 2.94. The van der Waals surface area contributed by atoms with E-state index in [4.69, 9.17) is 16.0 Å². The molecule has 4 aromatic rings. The van der Waals surface area contributed by atoms with Gasteiger partial charge in [0.05, 0.1) is 0 Å². The minimum absolute atomic E-state index is 0.237. The molecule has 0 aliphatic carbocycles. The molecule has 0 fully saturated rings. The predicted octanol–water partition coefficient (Wildman–Crippen LogP) is 5.50. The molecular weight excluding hydrogens is 374 g/mol. The second-order valence-electron chi connectivity index (χ2n) is 6.25. The molecule has 1 N–H and O–H groups in total. The van der Waals surface area contributed by atoms with Crippen molar-refractivity contribution in [2.45, 2.75) is 6.92 Å². The lowest BCUT2D eigenvalue weighted by molar-refractivity contribution is -0.111. The Morgan fingerprint density at radius 3 is 2.86 bits per heavy atom. The number of amides is 1. The van der Waals surface area contributed by atoms with E-state index in [0.717, 1.165) is 16.7 Å². The summed E-state index contributed by atoms with van der Waals surface area (Å²) in [7, 11) is 0. The van der Waals surface area contributed by atoms with Crippen molar-refractivity contribution in [3.63, 3.8) is 0 Å². The Balaban J connectivity index is 1.56. The normalized spacial score (nSPS) is 11.2. The number of aryl methyl sites for hydroxylation is 1. The van der Waals surface area contributed by atoms with Gasteiger partial charge < -0.3 is 9.73 Å². The highest BCUT2D eigenvalue weighted by molar-refractivity contribution is 6.30. The van der Waals surface area contributed by atoms with Crippen LogP contribution in [0.15, 0.2) is 71.3 Å². The number of hydrogen-bond acceptors (Lipinski definition) is 4. The second-order valence-corrected chi connectivity index (χ2v) is 6.69. The van der Waals surface area contributed by atoms with Crippen molar-refractivity contribution in [1.29, 1.82) is 0 Å². The number of oxazole rings is 1. The van der Waals surface area contributed by atoms with E-state index in [1.807, 2.05) is 43.3 Å². The third-order valence-corrected chi connectivity index (χ3v) is 4.42. The molecule has 138 valence electrons. The van der Waals surface area contributed by atoms with Gasteiger partial charge >= 0.3 is 0 Å². The average molecular weight is 390 g/mol. The summed E-state index contributed by atoms with van der Waals surface area (Å²) >= 11 is 5.96. The van der Waals surface area contributed by atoms with E-state index in [1.54, 1.807) is 30.5 Å². The molecule has 0 spiro atoms. The van der Waals surface area contributed by atoms with Crippen LogP contribution in [0.4, 0.5) is 5.69 Å². The minimum Gasteiger partial charge on any atom is -0.434 e. The topological polar surface area (TPSA) is 68.0 Å². The Bertz CT molecular complexity index is 1160. The number of halogens is 1. The molecule has 1 amide bonds. The number of nitrogens with zero attached hydrogens (tertiary/aromatic N) is 2. The zero-order chi connectivity index (χ0) is 19.5. The quantitative estimate of drug-likeness (QED) is 0.468. The molecule has 0 aliphatic rings. The Morgan fingerprint density at radius 1 is 1.14 bits per heavy atom. The monoisotopic (exact) mass is 389 g/mol. The minimum atomic E-state index is -0.237. The van der Waals surface area contributed by atoms with Crippen LogP contribution >= 0.6 is 11.6 Å². The van der Waals surface area contributed by atoms with Crippen LogP contribution < -0.4 is 5.32 Å². The van der Waals surface area contributed by atoms with Crippen molar-refractivity contribution in [1.82, 2.24) is 9.97 Å². The van der Waals surface area contributed by atoms with E-state index in [0.29, 0.717) is 27.8 Å². The lowest BCUT2D eigenvalue weighted by atomic mass is 10.1. The number of pyridine rings is 1. The Morgan fingerprint density at radius 2 is 2.04 bits per heavy atom. The highest BCUT2D eigenvalue weighted by atomic mass is 35.5. The van der Waals surface area contributed by atoms with Crippen molar-refractivity contribution in [2.24, 2.45) is 0 Å². The van der Waals surface area contributed by atoms with Crippen LogP contribution in [0.3, 0.4) is 0 Å². The molecule has 0 unspecified atom stereocenters. The SMILES string of the molecule is Cc1ccc(-c2nc3ncccc3o2)cc1NC(=O)C=Cc1cccc(Cl)c1. The smallest absolute Gasteiger partial charge is 0.248 e. The highest BCUT2D eigenvalue weighted by Crippen LogP contribution is 2.27. The first kappa shape index (κ1) is 17.9. The first-order chi connectivity index (χ1) is 13.6. The van der Waals surface area contributed by atoms with Crippen molar-refractivity contribution < 1.29 is 9.21 Å². The third kappa shape index (κ3) is 3.94. The van der Waals surface area contributed by atoms with E-state index >= 15 is 0 Å². The van der Waals surface area contributed by atoms with Crippen LogP contribution in [0.5, 0.6) is 0 Å². The van der Waals surface area contributed by atoms with Crippen LogP contribution in [0.1, 0.15) is 11.1 Å². The first-order valence-electron chi connectivity index (χ1n) is 8.66. The summed E-state index contributed by atoms with van der Waals surface area (Å²) in [5.74, 6) is 0.220. The van der Waals surface area contributed by atoms with Crippen LogP contribution in [0.2, 0.25) is 5.02 Å². The summed E-state index contributed by atoms with van der Waals surface area (Å²) in [6, 6.07) is 16.6. The van der Waals surface area contributed by atoms with E-state index in [-0.39, 0.29) is 5.91 Å². The van der Waals surface area contributed by atoms with Crippen molar-refractivity contribution in [2.75, 3.05) is 5.32 Å². The molecule has 0 aliphatic heterocycles. The van der Waals surface area contributed by atoms with Gasteiger partial charge in [-0.25, -0.2) is 4.98 Å². The summed E-state index contributed by atoms with van der Waals surface area (Å²) in [6.07, 6.45) is 4.86. The maximum atomic E-state index is 12.3. The van der Waals surface area contributed by atoms with Gasteiger partial charge in [-0.15, -0.1) is 0 Å². The molecule has 0 saturated carbocycles. The molecule has 5 nitrogen and oxygen atoms in total. The van der Waals surface area contributed by atoms with Gasteiger partial charge in [0.2, 0.25) is 11.8 Å². The van der Waals surface area contributed by atoms with Crippen molar-refractivity contribution in [3.05, 3.63) is 83.0 Å². The summed E-state index contributed by atoms with van der Waals surface area (Å²) in [6.45, 7) is 1.92. The van der Waals surface area contributed by atoms with Gasteiger partial charge in [0, 0.05) is 28.5 Å². The molecule has 0 radical (unpaired) electrons. The number of fused-ring (bicyclic) bond motifs is 1. The van der Waals surface area contributed by atoms with E-state index in [2.05, 4.69) is 15.3 Å². The number of carbonyl (C=O) groups is 1. The Labute approximate surface area is 166 Å². The number of carbonyl (C=O) groups excluding carboxylic acids is 1.